The van der Waals surface area contributed by atoms with Gasteiger partial charge in [-0.3, -0.25) is 9.63 Å². The molecule has 1 fully saturated rings. The number of hydrogen-bond donors (Lipinski definition) is 0. The van der Waals surface area contributed by atoms with Crippen LogP contribution in [-0.2, 0) is 9.63 Å². The number of hydrogen-bond acceptors (Lipinski definition) is 3. The SMILES string of the molecule is CCN(CC)C(=O)CC1ON(C)C(c2ccccc2)C1(C)C. The summed E-state index contributed by atoms with van der Waals surface area (Å²) in [5.41, 5.74) is 1.10. The molecule has 0 bridgehead atoms. The molecular weight excluding hydrogens is 276 g/mol. The van der Waals surface area contributed by atoms with Gasteiger partial charge in [0.15, 0.2) is 0 Å². The smallest absolute Gasteiger partial charge is 0.225 e. The molecule has 1 heterocycles. The number of carbonyl (C=O) groups is 1. The van der Waals surface area contributed by atoms with Crippen LogP contribution in [0, 0.1) is 5.41 Å². The zero-order valence-electron chi connectivity index (χ0n) is 14.4. The minimum absolute atomic E-state index is 0.101. The molecule has 22 heavy (non-hydrogen) atoms. The van der Waals surface area contributed by atoms with Crippen molar-refractivity contribution < 1.29 is 9.63 Å². The molecule has 2 unspecified atom stereocenters. The fraction of sp³-hybridized carbons (Fsp3) is 0.611. The Labute approximate surface area is 134 Å². The maximum absolute atomic E-state index is 12.4. The van der Waals surface area contributed by atoms with E-state index in [9.17, 15) is 4.79 Å². The Morgan fingerprint density at radius 2 is 1.82 bits per heavy atom. The van der Waals surface area contributed by atoms with Gasteiger partial charge in [-0.2, -0.15) is 5.06 Å². The van der Waals surface area contributed by atoms with Crippen molar-refractivity contribution in [2.75, 3.05) is 20.1 Å². The van der Waals surface area contributed by atoms with Gasteiger partial charge in [0, 0.05) is 25.6 Å². The molecule has 0 spiro atoms. The highest BCUT2D eigenvalue weighted by Gasteiger charge is 2.49. The van der Waals surface area contributed by atoms with Crippen molar-refractivity contribution in [3.8, 4) is 0 Å². The standard InChI is InChI=1S/C18H28N2O2/c1-6-20(7-2)16(21)13-15-18(3,4)17(19(5)22-15)14-11-9-8-10-12-14/h8-12,15,17H,6-7,13H2,1-5H3. The molecule has 1 aliphatic rings. The Morgan fingerprint density at radius 3 is 2.36 bits per heavy atom. The second-order valence-corrected chi connectivity index (χ2v) is 6.54. The van der Waals surface area contributed by atoms with E-state index < -0.39 is 0 Å². The lowest BCUT2D eigenvalue weighted by Crippen LogP contribution is -2.37. The lowest BCUT2D eigenvalue weighted by atomic mass is 9.76. The van der Waals surface area contributed by atoms with Crippen LogP contribution in [0.25, 0.3) is 0 Å². The average Bonchev–Trinajstić information content (AvgIpc) is 2.70. The summed E-state index contributed by atoms with van der Waals surface area (Å²) in [7, 11) is 1.96. The van der Waals surface area contributed by atoms with Crippen molar-refractivity contribution in [2.45, 2.75) is 46.3 Å². The van der Waals surface area contributed by atoms with Crippen LogP contribution >= 0.6 is 0 Å². The van der Waals surface area contributed by atoms with Gasteiger partial charge in [-0.1, -0.05) is 44.2 Å². The van der Waals surface area contributed by atoms with Crippen molar-refractivity contribution in [1.82, 2.24) is 9.96 Å². The van der Waals surface area contributed by atoms with Crippen LogP contribution in [0.2, 0.25) is 0 Å². The summed E-state index contributed by atoms with van der Waals surface area (Å²) in [5.74, 6) is 0.171. The van der Waals surface area contributed by atoms with Gasteiger partial charge in [-0.15, -0.1) is 0 Å². The Bertz CT molecular complexity index is 497. The molecule has 1 aromatic carbocycles. The quantitative estimate of drug-likeness (QED) is 0.837. The Balaban J connectivity index is 2.17. The Morgan fingerprint density at radius 1 is 1.23 bits per heavy atom. The predicted octanol–water partition coefficient (Wildman–Crippen LogP) is 3.26. The monoisotopic (exact) mass is 304 g/mol. The van der Waals surface area contributed by atoms with Crippen LogP contribution in [0.1, 0.15) is 45.7 Å². The fourth-order valence-electron chi connectivity index (χ4n) is 3.48. The van der Waals surface area contributed by atoms with Crippen molar-refractivity contribution in [2.24, 2.45) is 5.41 Å². The van der Waals surface area contributed by atoms with Crippen LogP contribution in [0.3, 0.4) is 0 Å². The third-order valence-corrected chi connectivity index (χ3v) is 4.78. The summed E-state index contributed by atoms with van der Waals surface area (Å²) in [6, 6.07) is 10.5. The van der Waals surface area contributed by atoms with E-state index in [2.05, 4.69) is 26.0 Å². The van der Waals surface area contributed by atoms with Crippen LogP contribution in [0.5, 0.6) is 0 Å². The Kier molecular flexibility index (Phi) is 5.24. The molecule has 1 amide bonds. The van der Waals surface area contributed by atoms with E-state index in [-0.39, 0.29) is 23.5 Å². The number of rotatable bonds is 5. The summed E-state index contributed by atoms with van der Waals surface area (Å²) >= 11 is 0. The maximum atomic E-state index is 12.4. The summed E-state index contributed by atoms with van der Waals surface area (Å²) in [5, 5.41) is 1.91. The zero-order valence-corrected chi connectivity index (χ0v) is 14.4. The topological polar surface area (TPSA) is 32.8 Å². The molecule has 1 saturated heterocycles. The molecular formula is C18H28N2O2. The van der Waals surface area contributed by atoms with E-state index >= 15 is 0 Å². The van der Waals surface area contributed by atoms with Crippen molar-refractivity contribution in [3.63, 3.8) is 0 Å². The molecule has 2 rings (SSSR count). The van der Waals surface area contributed by atoms with E-state index in [0.717, 1.165) is 13.1 Å². The van der Waals surface area contributed by atoms with Crippen LogP contribution < -0.4 is 0 Å². The van der Waals surface area contributed by atoms with Gasteiger partial charge in [0.25, 0.3) is 0 Å². The van der Waals surface area contributed by atoms with Gasteiger partial charge in [0.05, 0.1) is 18.6 Å². The summed E-state index contributed by atoms with van der Waals surface area (Å²) < 4.78 is 0. The van der Waals surface area contributed by atoms with Crippen LogP contribution in [-0.4, -0.2) is 42.1 Å². The highest BCUT2D eigenvalue weighted by molar-refractivity contribution is 5.76. The minimum Gasteiger partial charge on any atom is -0.343 e. The highest BCUT2D eigenvalue weighted by atomic mass is 16.7. The molecule has 1 aromatic rings. The number of carbonyl (C=O) groups excluding carboxylic acids is 1. The van der Waals surface area contributed by atoms with E-state index in [0.29, 0.717) is 6.42 Å². The Hall–Kier alpha value is -1.39. The minimum atomic E-state index is -0.126. The van der Waals surface area contributed by atoms with Crippen LogP contribution in [0.4, 0.5) is 0 Å². The molecule has 4 heteroatoms. The van der Waals surface area contributed by atoms with Gasteiger partial charge in [0.2, 0.25) is 5.91 Å². The normalized spacial score (nSPS) is 24.4. The third kappa shape index (κ3) is 3.18. The second kappa shape index (κ2) is 6.80. The fourth-order valence-corrected chi connectivity index (χ4v) is 3.48. The summed E-state index contributed by atoms with van der Waals surface area (Å²) in [6.07, 6.45) is 0.332. The van der Waals surface area contributed by atoms with Gasteiger partial charge in [-0.05, 0) is 19.4 Å². The van der Waals surface area contributed by atoms with Gasteiger partial charge >= 0.3 is 0 Å². The van der Waals surface area contributed by atoms with Gasteiger partial charge < -0.3 is 4.90 Å². The molecule has 0 aliphatic carbocycles. The molecule has 2 atom stereocenters. The maximum Gasteiger partial charge on any atom is 0.225 e. The number of nitrogens with zero attached hydrogens (tertiary/aromatic N) is 2. The molecule has 0 aromatic heterocycles. The average molecular weight is 304 g/mol. The highest BCUT2D eigenvalue weighted by Crippen LogP contribution is 2.48. The molecule has 0 N–H and O–H groups in total. The lowest BCUT2D eigenvalue weighted by molar-refractivity contribution is -0.157. The summed E-state index contributed by atoms with van der Waals surface area (Å²) in [4.78, 5) is 20.3. The lowest BCUT2D eigenvalue weighted by Gasteiger charge is -2.31. The molecule has 1 aliphatic heterocycles. The summed E-state index contributed by atoms with van der Waals surface area (Å²) in [6.45, 7) is 9.91. The number of hydroxylamine groups is 2. The first-order valence-electron chi connectivity index (χ1n) is 8.14. The van der Waals surface area contributed by atoms with Crippen molar-refractivity contribution >= 4 is 5.91 Å². The number of benzene rings is 1. The van der Waals surface area contributed by atoms with Crippen molar-refractivity contribution in [3.05, 3.63) is 35.9 Å². The van der Waals surface area contributed by atoms with Crippen LogP contribution in [0.15, 0.2) is 30.3 Å². The number of amides is 1. The zero-order chi connectivity index (χ0) is 16.3. The first-order chi connectivity index (χ1) is 10.4. The van der Waals surface area contributed by atoms with Crippen molar-refractivity contribution in [1.29, 1.82) is 0 Å². The second-order valence-electron chi connectivity index (χ2n) is 6.54. The van der Waals surface area contributed by atoms with E-state index in [1.807, 2.05) is 49.1 Å². The van der Waals surface area contributed by atoms with E-state index in [1.54, 1.807) is 0 Å². The van der Waals surface area contributed by atoms with E-state index in [1.165, 1.54) is 5.56 Å². The molecule has 4 nitrogen and oxygen atoms in total. The molecule has 122 valence electrons. The van der Waals surface area contributed by atoms with Gasteiger partial charge in [0.1, 0.15) is 0 Å². The van der Waals surface area contributed by atoms with E-state index in [4.69, 9.17) is 4.84 Å². The first kappa shape index (κ1) is 17.0. The third-order valence-electron chi connectivity index (χ3n) is 4.78. The van der Waals surface area contributed by atoms with Gasteiger partial charge in [-0.25, -0.2) is 0 Å². The first-order valence-corrected chi connectivity index (χ1v) is 8.14. The largest absolute Gasteiger partial charge is 0.343 e. The molecule has 0 radical (unpaired) electrons. The molecule has 0 saturated carbocycles. The predicted molar refractivity (Wildman–Crippen MR) is 88.1 cm³/mol.